The van der Waals surface area contributed by atoms with E-state index in [0.29, 0.717) is 11.3 Å². The number of nitriles is 3. The molecule has 0 aromatic heterocycles. The van der Waals surface area contributed by atoms with E-state index in [1.54, 1.807) is 7.11 Å². The smallest absolute Gasteiger partial charge is 0.191 e. The number of ether oxygens (including phenoxy) is 1. The average molecular weight is 371 g/mol. The molecule has 1 fully saturated rings. The molecule has 4 atom stereocenters. The van der Waals surface area contributed by atoms with Gasteiger partial charge in [-0.2, -0.15) is 15.8 Å². The number of rotatable bonds is 2. The second kappa shape index (κ2) is 6.41. The van der Waals surface area contributed by atoms with Crippen LogP contribution in [0.25, 0.3) is 0 Å². The van der Waals surface area contributed by atoms with Crippen molar-refractivity contribution in [1.82, 2.24) is 4.90 Å². The molecule has 0 saturated carbocycles. The summed E-state index contributed by atoms with van der Waals surface area (Å²) in [6, 6.07) is 14.5. The van der Waals surface area contributed by atoms with Crippen LogP contribution in [0.2, 0.25) is 0 Å². The van der Waals surface area contributed by atoms with E-state index in [1.165, 1.54) is 0 Å². The van der Waals surface area contributed by atoms with Crippen molar-refractivity contribution in [3.05, 3.63) is 52.7 Å². The fraction of sp³-hybridized carbons (Fsp3) is 0.409. The summed E-state index contributed by atoms with van der Waals surface area (Å²) in [5.41, 5.74) is 6.91. The largest absolute Gasteiger partial charge is 0.497 e. The van der Waals surface area contributed by atoms with E-state index in [1.807, 2.05) is 24.3 Å². The van der Waals surface area contributed by atoms with Gasteiger partial charge in [0, 0.05) is 23.9 Å². The van der Waals surface area contributed by atoms with Crippen molar-refractivity contribution in [3.8, 4) is 24.0 Å². The van der Waals surface area contributed by atoms with E-state index in [4.69, 9.17) is 10.5 Å². The van der Waals surface area contributed by atoms with Crippen LogP contribution in [0.5, 0.6) is 5.75 Å². The molecule has 1 saturated heterocycles. The van der Waals surface area contributed by atoms with Crippen LogP contribution >= 0.6 is 0 Å². The quantitative estimate of drug-likeness (QED) is 0.855. The van der Waals surface area contributed by atoms with Gasteiger partial charge in [-0.1, -0.05) is 18.2 Å². The van der Waals surface area contributed by atoms with Crippen LogP contribution in [0.3, 0.4) is 0 Å². The van der Waals surface area contributed by atoms with Gasteiger partial charge in [-0.15, -0.1) is 0 Å². The molecule has 2 heterocycles. The van der Waals surface area contributed by atoms with Gasteiger partial charge in [-0.05, 0) is 43.2 Å². The molecule has 1 aromatic rings. The van der Waals surface area contributed by atoms with Gasteiger partial charge in [-0.25, -0.2) is 0 Å². The Balaban J connectivity index is 2.01. The summed E-state index contributed by atoms with van der Waals surface area (Å²) in [5.74, 6) is 0.111. The van der Waals surface area contributed by atoms with Gasteiger partial charge in [-0.3, -0.25) is 4.90 Å². The topological polar surface area (TPSA) is 110 Å². The third kappa shape index (κ3) is 2.21. The standard InChI is InChI=1S/C22H21N5O/c1-27-14-5-8-18(27)19-16(9-14)17(10-23)21(26)22(11-24,12-25)20(19)13-3-6-15(28-2)7-4-13/h3-4,6-7,9,14,18-20H,5,8,26H2,1-2H3/t14?,18-,19+,20-/m0/s1. The monoisotopic (exact) mass is 371 g/mol. The Hall–Kier alpha value is -3.27. The highest BCUT2D eigenvalue weighted by atomic mass is 16.5. The fourth-order valence-corrected chi connectivity index (χ4v) is 5.27. The van der Waals surface area contributed by atoms with Crippen molar-refractivity contribution in [2.45, 2.75) is 30.8 Å². The lowest BCUT2D eigenvalue weighted by atomic mass is 9.56. The number of likely N-dealkylation sites (N-methyl/N-ethyl adjacent to an activating group) is 1. The molecule has 2 N–H and O–H groups in total. The third-order valence-electron chi connectivity index (χ3n) is 6.70. The van der Waals surface area contributed by atoms with E-state index < -0.39 is 11.3 Å². The fourth-order valence-electron chi connectivity index (χ4n) is 5.27. The predicted octanol–water partition coefficient (Wildman–Crippen LogP) is 2.58. The second-order valence-electron chi connectivity index (χ2n) is 7.71. The molecular formula is C22H21N5O. The van der Waals surface area contributed by atoms with E-state index >= 15 is 0 Å². The Bertz CT molecular complexity index is 987. The molecule has 4 rings (SSSR count). The van der Waals surface area contributed by atoms with Crippen molar-refractivity contribution in [3.63, 3.8) is 0 Å². The van der Waals surface area contributed by atoms with Crippen LogP contribution in [-0.4, -0.2) is 31.1 Å². The maximum atomic E-state index is 10.1. The number of fused-ring (bicyclic) bond motifs is 4. The zero-order chi connectivity index (χ0) is 20.1. The van der Waals surface area contributed by atoms with Gasteiger partial charge < -0.3 is 10.5 Å². The SMILES string of the molecule is COc1ccc([C@H]2[C@@H]3C(=CC4CC[C@@H]3N4C)C(C#N)=C(N)C2(C#N)C#N)cc1. The van der Waals surface area contributed by atoms with Crippen LogP contribution in [0, 0.1) is 45.3 Å². The zero-order valence-corrected chi connectivity index (χ0v) is 15.9. The normalized spacial score (nSPS) is 30.5. The van der Waals surface area contributed by atoms with Crippen LogP contribution in [-0.2, 0) is 0 Å². The molecular weight excluding hydrogens is 350 g/mol. The Morgan fingerprint density at radius 2 is 1.82 bits per heavy atom. The number of allylic oxidation sites excluding steroid dienone is 2. The Kier molecular flexibility index (Phi) is 4.15. The highest BCUT2D eigenvalue weighted by Crippen LogP contribution is 2.58. The molecule has 0 radical (unpaired) electrons. The van der Waals surface area contributed by atoms with Crippen molar-refractivity contribution < 1.29 is 4.74 Å². The lowest BCUT2D eigenvalue weighted by Gasteiger charge is -2.48. The highest BCUT2D eigenvalue weighted by Gasteiger charge is 2.58. The molecule has 3 aliphatic rings. The van der Waals surface area contributed by atoms with Crippen molar-refractivity contribution in [1.29, 1.82) is 15.8 Å². The first-order valence-electron chi connectivity index (χ1n) is 9.33. The lowest BCUT2D eigenvalue weighted by Crippen LogP contribution is -2.51. The first-order valence-corrected chi connectivity index (χ1v) is 9.33. The summed E-state index contributed by atoms with van der Waals surface area (Å²) in [7, 11) is 3.68. The van der Waals surface area contributed by atoms with Gasteiger partial charge in [0.1, 0.15) is 11.8 Å². The van der Waals surface area contributed by atoms with Gasteiger partial charge in [0.15, 0.2) is 5.41 Å². The number of hydrogen-bond acceptors (Lipinski definition) is 6. The van der Waals surface area contributed by atoms with Crippen LogP contribution < -0.4 is 10.5 Å². The minimum Gasteiger partial charge on any atom is -0.497 e. The first-order chi connectivity index (χ1) is 13.5. The van der Waals surface area contributed by atoms with Gasteiger partial charge >= 0.3 is 0 Å². The Morgan fingerprint density at radius 1 is 1.14 bits per heavy atom. The summed E-state index contributed by atoms with van der Waals surface area (Å²) in [5, 5.41) is 30.1. The molecule has 6 heteroatoms. The van der Waals surface area contributed by atoms with Crippen LogP contribution in [0.15, 0.2) is 47.2 Å². The van der Waals surface area contributed by atoms with E-state index in [-0.39, 0.29) is 23.7 Å². The number of nitrogens with zero attached hydrogens (tertiary/aromatic N) is 4. The summed E-state index contributed by atoms with van der Waals surface area (Å²) in [6.07, 6.45) is 4.08. The van der Waals surface area contributed by atoms with Gasteiger partial charge in [0.05, 0.1) is 30.5 Å². The molecule has 1 aliphatic carbocycles. The summed E-state index contributed by atoms with van der Waals surface area (Å²) in [4.78, 5) is 2.31. The van der Waals surface area contributed by atoms with Crippen LogP contribution in [0.1, 0.15) is 24.3 Å². The summed E-state index contributed by atoms with van der Waals surface area (Å²) < 4.78 is 5.26. The summed E-state index contributed by atoms with van der Waals surface area (Å²) in [6.45, 7) is 0. The number of benzene rings is 1. The van der Waals surface area contributed by atoms with Crippen molar-refractivity contribution >= 4 is 0 Å². The van der Waals surface area contributed by atoms with Crippen LogP contribution in [0.4, 0.5) is 0 Å². The second-order valence-corrected chi connectivity index (χ2v) is 7.71. The predicted molar refractivity (Wildman–Crippen MR) is 102 cm³/mol. The van der Waals surface area contributed by atoms with Gasteiger partial charge in [0.2, 0.25) is 0 Å². The highest BCUT2D eigenvalue weighted by molar-refractivity contribution is 5.60. The average Bonchev–Trinajstić information content (AvgIpc) is 2.96. The maximum Gasteiger partial charge on any atom is 0.191 e. The summed E-state index contributed by atoms with van der Waals surface area (Å²) >= 11 is 0. The minimum atomic E-state index is -1.59. The molecule has 1 aromatic carbocycles. The Morgan fingerprint density at radius 3 is 2.39 bits per heavy atom. The number of hydrogen-bond donors (Lipinski definition) is 1. The lowest BCUT2D eigenvalue weighted by molar-refractivity contribution is 0.160. The van der Waals surface area contributed by atoms with E-state index in [9.17, 15) is 15.8 Å². The maximum absolute atomic E-state index is 10.1. The molecule has 0 spiro atoms. The molecule has 28 heavy (non-hydrogen) atoms. The zero-order valence-electron chi connectivity index (χ0n) is 15.9. The molecule has 2 bridgehead atoms. The Labute approximate surface area is 164 Å². The van der Waals surface area contributed by atoms with E-state index in [2.05, 4.69) is 36.2 Å². The van der Waals surface area contributed by atoms with Crippen molar-refractivity contribution in [2.75, 3.05) is 14.2 Å². The number of nitrogens with two attached hydrogens (primary N) is 1. The van der Waals surface area contributed by atoms with Crippen molar-refractivity contribution in [2.24, 2.45) is 17.1 Å². The molecule has 0 amide bonds. The number of methoxy groups -OCH3 is 1. The van der Waals surface area contributed by atoms with Gasteiger partial charge in [0.25, 0.3) is 0 Å². The molecule has 140 valence electrons. The molecule has 6 nitrogen and oxygen atoms in total. The molecule has 2 aliphatic heterocycles. The van der Waals surface area contributed by atoms with E-state index in [0.717, 1.165) is 24.0 Å². The third-order valence-corrected chi connectivity index (χ3v) is 6.70. The minimum absolute atomic E-state index is 0.0762. The molecule has 1 unspecified atom stereocenters. The first kappa shape index (κ1) is 18.1.